The monoisotopic (exact) mass is 529 g/mol. The molecule has 2 aromatic heterocycles. The number of pyridine rings is 1. The third kappa shape index (κ3) is 5.78. The molecule has 39 heavy (non-hydrogen) atoms. The molecule has 0 bridgehead atoms. The van der Waals surface area contributed by atoms with Gasteiger partial charge >= 0.3 is 0 Å². The molecule has 1 aliphatic heterocycles. The quantitative estimate of drug-likeness (QED) is 0.234. The number of nitrogen functional groups attached to an aromatic ring is 1. The molecule has 11 nitrogen and oxygen atoms in total. The van der Waals surface area contributed by atoms with Crippen LogP contribution in [0.3, 0.4) is 0 Å². The van der Waals surface area contributed by atoms with Gasteiger partial charge in [0.25, 0.3) is 11.8 Å². The molecule has 2 aromatic carbocycles. The normalized spacial score (nSPS) is 13.6. The van der Waals surface area contributed by atoms with Gasteiger partial charge in [0, 0.05) is 69.6 Å². The van der Waals surface area contributed by atoms with Crippen molar-refractivity contribution < 1.29 is 19.4 Å². The highest BCUT2D eigenvalue weighted by Crippen LogP contribution is 2.23. The molecule has 1 saturated heterocycles. The van der Waals surface area contributed by atoms with Gasteiger partial charge in [-0.05, 0) is 55.0 Å². The van der Waals surface area contributed by atoms with Crippen LogP contribution in [0.5, 0.6) is 5.75 Å². The highest BCUT2D eigenvalue weighted by molar-refractivity contribution is 6.04. The number of ether oxygens (including phenoxy) is 1. The zero-order valence-electron chi connectivity index (χ0n) is 21.7. The second-order valence-corrected chi connectivity index (χ2v) is 9.38. The average Bonchev–Trinajstić information content (AvgIpc) is 3.29. The van der Waals surface area contributed by atoms with E-state index in [-0.39, 0.29) is 17.6 Å². The van der Waals surface area contributed by atoms with E-state index in [1.54, 1.807) is 60.7 Å². The summed E-state index contributed by atoms with van der Waals surface area (Å²) >= 11 is 0. The fourth-order valence-electron chi connectivity index (χ4n) is 4.67. The molecule has 4 N–H and O–H groups in total. The minimum Gasteiger partial charge on any atom is -0.508 e. The number of aryl methyl sites for hydroxylation is 1. The number of nitrogens with two attached hydrogens (primary N) is 1. The summed E-state index contributed by atoms with van der Waals surface area (Å²) in [6.07, 6.45) is 2.26. The number of carbonyl (C=O) groups excluding carboxylic acids is 2. The Balaban J connectivity index is 1.34. The third-order valence-electron chi connectivity index (χ3n) is 6.72. The van der Waals surface area contributed by atoms with Crippen LogP contribution in [0.15, 0.2) is 60.8 Å². The smallest absolute Gasteiger partial charge is 0.258 e. The zero-order chi connectivity index (χ0) is 27.4. The Bertz CT molecular complexity index is 1480. The molecule has 3 heterocycles. The van der Waals surface area contributed by atoms with E-state index >= 15 is 0 Å². The lowest BCUT2D eigenvalue weighted by Gasteiger charge is -2.36. The lowest BCUT2D eigenvalue weighted by atomic mass is 10.2. The first kappa shape index (κ1) is 26.0. The van der Waals surface area contributed by atoms with Gasteiger partial charge in [-0.2, -0.15) is 0 Å². The average molecular weight is 530 g/mol. The van der Waals surface area contributed by atoms with E-state index in [0.29, 0.717) is 79.7 Å². The Morgan fingerprint density at radius 1 is 1.05 bits per heavy atom. The van der Waals surface area contributed by atoms with Gasteiger partial charge in [0.05, 0.1) is 5.56 Å². The van der Waals surface area contributed by atoms with Crippen molar-refractivity contribution in [2.75, 3.05) is 55.8 Å². The Labute approximate surface area is 225 Å². The molecule has 1 aliphatic rings. The number of carbonyl (C=O) groups is 2. The number of piperazine rings is 1. The van der Waals surface area contributed by atoms with Crippen LogP contribution in [-0.4, -0.2) is 76.3 Å². The Kier molecular flexibility index (Phi) is 7.60. The highest BCUT2D eigenvalue weighted by atomic mass is 16.5. The second-order valence-electron chi connectivity index (χ2n) is 9.38. The molecule has 4 aromatic rings. The summed E-state index contributed by atoms with van der Waals surface area (Å²) in [5, 5.41) is 12.4. The Morgan fingerprint density at radius 3 is 2.54 bits per heavy atom. The van der Waals surface area contributed by atoms with Crippen molar-refractivity contribution in [2.45, 2.75) is 13.0 Å². The van der Waals surface area contributed by atoms with E-state index in [9.17, 15) is 14.7 Å². The number of aromatic nitrogens is 3. The van der Waals surface area contributed by atoms with Gasteiger partial charge in [0.1, 0.15) is 11.3 Å². The Morgan fingerprint density at radius 2 is 1.82 bits per heavy atom. The lowest BCUT2D eigenvalue weighted by Crippen LogP contribution is -2.48. The number of nitrogens with zero attached hydrogens (tertiary/aromatic N) is 5. The number of nitrogens with one attached hydrogen (secondary N) is 1. The summed E-state index contributed by atoms with van der Waals surface area (Å²) in [5.41, 5.74) is 9.29. The van der Waals surface area contributed by atoms with E-state index in [4.69, 9.17) is 10.5 Å². The number of fused-ring (bicyclic) bond motifs is 1. The molecule has 11 heteroatoms. The van der Waals surface area contributed by atoms with Crippen LogP contribution in [0.1, 0.15) is 27.1 Å². The van der Waals surface area contributed by atoms with Crippen molar-refractivity contribution in [3.05, 3.63) is 71.9 Å². The zero-order valence-corrected chi connectivity index (χ0v) is 21.7. The van der Waals surface area contributed by atoms with E-state index in [0.717, 1.165) is 5.69 Å². The van der Waals surface area contributed by atoms with Crippen LogP contribution in [0.4, 0.5) is 17.3 Å². The van der Waals surface area contributed by atoms with Crippen molar-refractivity contribution in [3.8, 4) is 5.75 Å². The summed E-state index contributed by atoms with van der Waals surface area (Å²) in [5.74, 6) is 0.111. The molecular weight excluding hydrogens is 498 g/mol. The van der Waals surface area contributed by atoms with Crippen LogP contribution in [0.25, 0.3) is 11.2 Å². The van der Waals surface area contributed by atoms with E-state index in [1.807, 2.05) is 16.7 Å². The maximum Gasteiger partial charge on any atom is 0.258 e. The summed E-state index contributed by atoms with van der Waals surface area (Å²) < 4.78 is 7.02. The summed E-state index contributed by atoms with van der Waals surface area (Å²) in [7, 11) is 1.63. The maximum absolute atomic E-state index is 13.3. The summed E-state index contributed by atoms with van der Waals surface area (Å²) in [6.45, 7) is 3.54. The van der Waals surface area contributed by atoms with Crippen molar-refractivity contribution in [2.24, 2.45) is 0 Å². The number of hydrogen-bond acceptors (Lipinski definition) is 8. The predicted octanol–water partition coefficient (Wildman–Crippen LogP) is 2.97. The van der Waals surface area contributed by atoms with Crippen molar-refractivity contribution in [3.63, 3.8) is 0 Å². The summed E-state index contributed by atoms with van der Waals surface area (Å²) in [4.78, 5) is 39.4. The number of methoxy groups -OCH3 is 1. The van der Waals surface area contributed by atoms with Crippen molar-refractivity contribution in [1.82, 2.24) is 19.4 Å². The van der Waals surface area contributed by atoms with Gasteiger partial charge < -0.3 is 25.4 Å². The van der Waals surface area contributed by atoms with Gasteiger partial charge in [-0.3, -0.25) is 19.5 Å². The minimum absolute atomic E-state index is 0.117. The number of phenolic OH excluding ortho intramolecular Hbond substituents is 1. The minimum atomic E-state index is -0.339. The fraction of sp³-hybridized carbons (Fsp3) is 0.286. The number of aromatic hydroxyl groups is 1. The molecule has 202 valence electrons. The van der Waals surface area contributed by atoms with Crippen LogP contribution in [0, 0.1) is 0 Å². The van der Waals surface area contributed by atoms with E-state index in [2.05, 4.69) is 20.2 Å². The standard InChI is InChI=1S/C28H31N7O4/c1-39-15-3-10-35-25-24(31-28(35)32-26(37)19-4-2-5-21(29)16-19)17-20(18-30-25)27(38)34-13-11-33(12-14-34)22-6-8-23(36)9-7-22/h2,4-9,16-18,36H,3,10-15,29H2,1H3,(H,31,32,37). The van der Waals surface area contributed by atoms with E-state index in [1.165, 1.54) is 0 Å². The topological polar surface area (TPSA) is 139 Å². The number of imidazole rings is 1. The predicted molar refractivity (Wildman–Crippen MR) is 149 cm³/mol. The Hall–Kier alpha value is -4.64. The molecule has 2 amide bonds. The summed E-state index contributed by atoms with van der Waals surface area (Å²) in [6, 6.07) is 15.5. The number of hydrogen-bond donors (Lipinski definition) is 3. The number of benzene rings is 2. The fourth-order valence-corrected chi connectivity index (χ4v) is 4.67. The number of amides is 2. The van der Waals surface area contributed by atoms with Crippen LogP contribution >= 0.6 is 0 Å². The third-order valence-corrected chi connectivity index (χ3v) is 6.72. The molecule has 0 unspecified atom stereocenters. The first-order valence-corrected chi connectivity index (χ1v) is 12.8. The second kappa shape index (κ2) is 11.4. The molecule has 5 rings (SSSR count). The molecule has 0 radical (unpaired) electrons. The van der Waals surface area contributed by atoms with Gasteiger partial charge in [-0.25, -0.2) is 9.97 Å². The largest absolute Gasteiger partial charge is 0.508 e. The first-order chi connectivity index (χ1) is 18.9. The SMILES string of the molecule is COCCCn1c(NC(=O)c2cccc(N)c2)nc2cc(C(=O)N3CCN(c4ccc(O)cc4)CC3)cnc21. The molecule has 1 fully saturated rings. The van der Waals surface area contributed by atoms with Crippen LogP contribution < -0.4 is 16.0 Å². The van der Waals surface area contributed by atoms with Gasteiger partial charge in [-0.15, -0.1) is 0 Å². The van der Waals surface area contributed by atoms with Crippen LogP contribution in [0.2, 0.25) is 0 Å². The van der Waals surface area contributed by atoms with Gasteiger partial charge in [0.15, 0.2) is 5.65 Å². The number of rotatable bonds is 8. The van der Waals surface area contributed by atoms with Crippen LogP contribution in [-0.2, 0) is 11.3 Å². The van der Waals surface area contributed by atoms with Crippen molar-refractivity contribution in [1.29, 1.82) is 0 Å². The molecular formula is C28H31N7O4. The van der Waals surface area contributed by atoms with Gasteiger partial charge in [-0.1, -0.05) is 6.07 Å². The first-order valence-electron chi connectivity index (χ1n) is 12.8. The van der Waals surface area contributed by atoms with Gasteiger partial charge in [0.2, 0.25) is 5.95 Å². The van der Waals surface area contributed by atoms with Crippen molar-refractivity contribution >= 4 is 40.3 Å². The van der Waals surface area contributed by atoms with E-state index < -0.39 is 0 Å². The molecule has 0 spiro atoms. The highest BCUT2D eigenvalue weighted by Gasteiger charge is 2.24. The lowest BCUT2D eigenvalue weighted by molar-refractivity contribution is 0.0746. The molecule has 0 atom stereocenters. The maximum atomic E-state index is 13.3. The molecule has 0 saturated carbocycles. The molecule has 0 aliphatic carbocycles. The number of phenols is 1. The number of anilines is 3.